The molecule has 4 saturated carbocycles. The van der Waals surface area contributed by atoms with Gasteiger partial charge in [0.1, 0.15) is 0 Å². The van der Waals surface area contributed by atoms with E-state index in [2.05, 4.69) is 50.7 Å². The molecule has 5 aliphatic rings. The van der Waals surface area contributed by atoms with E-state index >= 15 is 0 Å². The summed E-state index contributed by atoms with van der Waals surface area (Å²) < 4.78 is 4.98. The third-order valence-electron chi connectivity index (χ3n) is 8.01. The van der Waals surface area contributed by atoms with E-state index in [-0.39, 0.29) is 24.8 Å². The third-order valence-corrected chi connectivity index (χ3v) is 21.5. The molecule has 0 aliphatic heterocycles. The molecule has 4 bridgehead atoms. The second-order valence-electron chi connectivity index (χ2n) is 10.2. The fraction of sp³-hybridized carbons (Fsp3) is 0.810. The van der Waals surface area contributed by atoms with Crippen molar-refractivity contribution in [3.8, 4) is 0 Å². The first-order valence-electron chi connectivity index (χ1n) is 10.3. The minimum atomic E-state index is -1.35. The Morgan fingerprint density at radius 2 is 1.42 bits per heavy atom. The second kappa shape index (κ2) is 8.00. The second-order valence-corrected chi connectivity index (χ2v) is 23.6. The maximum Gasteiger partial charge on any atom is -1.00 e. The Labute approximate surface area is 181 Å². The van der Waals surface area contributed by atoms with Crippen LogP contribution < -0.4 is 28.6 Å². The van der Waals surface area contributed by atoms with Crippen molar-refractivity contribution in [2.45, 2.75) is 88.6 Å². The third kappa shape index (κ3) is 3.73. The molecule has 0 spiro atoms. The maximum absolute atomic E-state index is 4.56. The molecule has 1 atom stereocenters. The molecule has 26 heavy (non-hydrogen) atoms. The largest absolute Gasteiger partial charge is 1.00 e. The van der Waals surface area contributed by atoms with Crippen LogP contribution in [-0.2, 0) is 17.4 Å². The van der Waals surface area contributed by atoms with Crippen LogP contribution in [0.2, 0.25) is 16.8 Å². The summed E-state index contributed by atoms with van der Waals surface area (Å²) in [4.78, 5) is 0. The predicted molar refractivity (Wildman–Crippen MR) is 103 cm³/mol. The van der Waals surface area contributed by atoms with Crippen LogP contribution in [-0.4, -0.2) is 12.2 Å². The minimum absolute atomic E-state index is 0. The summed E-state index contributed by atoms with van der Waals surface area (Å²) >= 11 is -1.35. The van der Waals surface area contributed by atoms with Crippen LogP contribution in [0.3, 0.4) is 0 Å². The van der Waals surface area contributed by atoms with Crippen LogP contribution in [0.25, 0.3) is 0 Å². The molecular weight excluding hydrogens is 413 g/mol. The fourth-order valence-corrected chi connectivity index (χ4v) is 21.3. The van der Waals surface area contributed by atoms with E-state index in [1.165, 1.54) is 19.3 Å². The Kier molecular flexibility index (Phi) is 7.14. The van der Waals surface area contributed by atoms with Crippen LogP contribution >= 0.6 is 0 Å². The molecule has 0 aromatic heterocycles. The Morgan fingerprint density at radius 3 is 1.77 bits per heavy atom. The molecule has 0 radical (unpaired) electrons. The molecule has 147 valence electrons. The molecule has 1 unspecified atom stereocenters. The van der Waals surface area contributed by atoms with Gasteiger partial charge in [-0.3, -0.25) is 0 Å². The van der Waals surface area contributed by atoms with Crippen molar-refractivity contribution in [1.82, 2.24) is 3.80 Å². The van der Waals surface area contributed by atoms with Crippen molar-refractivity contribution in [3.05, 3.63) is 22.8 Å². The van der Waals surface area contributed by atoms with Gasteiger partial charge in [-0.2, -0.15) is 0 Å². The van der Waals surface area contributed by atoms with Gasteiger partial charge < -0.3 is 24.8 Å². The zero-order valence-corrected chi connectivity index (χ0v) is 21.6. The Hall–Kier alpha value is 0.951. The van der Waals surface area contributed by atoms with Gasteiger partial charge in [-0.25, -0.2) is 0 Å². The number of halogens is 2. The van der Waals surface area contributed by atoms with Gasteiger partial charge in [0.05, 0.1) is 0 Å². The average Bonchev–Trinajstić information content (AvgIpc) is 2.67. The van der Waals surface area contributed by atoms with Crippen molar-refractivity contribution >= 4 is 6.66 Å². The van der Waals surface area contributed by atoms with Crippen LogP contribution in [0.5, 0.6) is 0 Å². The number of rotatable bonds is 4. The summed E-state index contributed by atoms with van der Waals surface area (Å²) in [6, 6.07) is 0. The van der Waals surface area contributed by atoms with Crippen LogP contribution in [0, 0.1) is 17.8 Å². The van der Waals surface area contributed by atoms with Crippen molar-refractivity contribution in [1.29, 1.82) is 0 Å². The van der Waals surface area contributed by atoms with Gasteiger partial charge in [0.25, 0.3) is 0 Å². The van der Waals surface area contributed by atoms with Gasteiger partial charge in [-0.1, -0.05) is 0 Å². The zero-order valence-electron chi connectivity index (χ0n) is 17.4. The molecule has 1 nitrogen and oxygen atoms in total. The normalized spacial score (nSPS) is 40.4. The first-order valence-corrected chi connectivity index (χ1v) is 17.4. The van der Waals surface area contributed by atoms with Gasteiger partial charge in [-0.15, -0.1) is 0 Å². The molecule has 5 rings (SSSR count). The van der Waals surface area contributed by atoms with Gasteiger partial charge in [0, 0.05) is 0 Å². The van der Waals surface area contributed by atoms with Gasteiger partial charge in [-0.05, 0) is 0 Å². The molecule has 0 heterocycles. The van der Waals surface area contributed by atoms with E-state index in [9.17, 15) is 0 Å². The number of hydrogen-bond donors (Lipinski definition) is 1. The Bertz CT molecular complexity index is 580. The summed E-state index contributed by atoms with van der Waals surface area (Å²) in [6.45, 7) is 14.4. The molecule has 0 saturated heterocycles. The Morgan fingerprint density at radius 1 is 0.962 bits per heavy atom. The van der Waals surface area contributed by atoms with Crippen molar-refractivity contribution in [2.75, 3.05) is 0 Å². The Balaban J connectivity index is 0.00000121. The zero-order chi connectivity index (χ0) is 17.3. The first-order chi connectivity index (χ1) is 11.2. The monoisotopic (exact) mass is 448 g/mol. The van der Waals surface area contributed by atoms with Crippen LogP contribution in [0.15, 0.2) is 22.8 Å². The maximum atomic E-state index is 4.56. The van der Waals surface area contributed by atoms with E-state index in [1.54, 1.807) is 36.0 Å². The van der Waals surface area contributed by atoms with E-state index in [4.69, 9.17) is 0 Å². The molecular formula is C21H36Cl2NSiTi. The van der Waals surface area contributed by atoms with Crippen molar-refractivity contribution < 1.29 is 42.2 Å². The van der Waals surface area contributed by atoms with E-state index in [1.807, 2.05) is 0 Å². The molecule has 1 N–H and O–H groups in total. The van der Waals surface area contributed by atoms with Crippen molar-refractivity contribution in [2.24, 2.45) is 17.8 Å². The summed E-state index contributed by atoms with van der Waals surface area (Å²) in [7, 11) is 0. The average molecular weight is 449 g/mol. The number of hydrogen-bond acceptors (Lipinski definition) is 1. The topological polar surface area (TPSA) is 12.0 Å². The molecule has 0 aromatic carbocycles. The predicted octanol–water partition coefficient (Wildman–Crippen LogP) is -0.456. The van der Waals surface area contributed by atoms with Gasteiger partial charge >= 0.3 is 157 Å². The van der Waals surface area contributed by atoms with Gasteiger partial charge in [0.2, 0.25) is 0 Å². The quantitative estimate of drug-likeness (QED) is 0.574. The van der Waals surface area contributed by atoms with Crippen LogP contribution in [0.4, 0.5) is 0 Å². The molecule has 5 heteroatoms. The van der Waals surface area contributed by atoms with Crippen LogP contribution in [0.1, 0.15) is 66.2 Å². The summed E-state index contributed by atoms with van der Waals surface area (Å²) in [6.07, 6.45) is 11.9. The SMILES string of the molecule is CC1=C[C](C)([Ti+2]([NH]C23CC4CC(CC(C4)C2)C3)[SiH](C)C)C(C)=C1C.[Cl-].[Cl-]. The van der Waals surface area contributed by atoms with E-state index in [0.717, 1.165) is 17.8 Å². The standard InChI is InChI=1S/C10H16N.C9H13.C2H7Si.2ClH.Ti/c11-10-4-7-1-8(5-10)3-9(2-7)6-10;1-6-5-7(2)9(4)8(6)3;1-3-2;;;/h7-9,11H,1-6H2;5H,1-4H3;3H,1-2H3;2*1H;/q-1;;;;;+3/p-2. The van der Waals surface area contributed by atoms with Gasteiger partial charge in [0.15, 0.2) is 0 Å². The smallest absolute Gasteiger partial charge is 1.00 e. The number of allylic oxidation sites excluding steroid dienone is 4. The van der Waals surface area contributed by atoms with E-state index < -0.39 is 24.0 Å². The molecule has 5 aliphatic carbocycles. The molecule has 0 amide bonds. The summed E-state index contributed by atoms with van der Waals surface area (Å²) in [5.74, 6) is 3.18. The fourth-order valence-electron chi connectivity index (χ4n) is 7.04. The summed E-state index contributed by atoms with van der Waals surface area (Å²) in [5.41, 5.74) is 5.41. The minimum Gasteiger partial charge on any atom is -1.00 e. The van der Waals surface area contributed by atoms with Crippen molar-refractivity contribution in [3.63, 3.8) is 0 Å². The first kappa shape index (κ1) is 23.2. The molecule has 4 fully saturated rings. The van der Waals surface area contributed by atoms with E-state index in [0.29, 0.717) is 9.26 Å². The summed E-state index contributed by atoms with van der Waals surface area (Å²) in [5, 5.41) is 0. The number of nitrogens with one attached hydrogen (secondary N) is 1. The molecule has 0 aromatic rings.